The van der Waals surface area contributed by atoms with Crippen LogP contribution in [0.1, 0.15) is 10.6 Å². The molecule has 3 rings (SSSR count). The number of thiazole rings is 1. The number of carbonyl (C=O) groups is 1. The summed E-state index contributed by atoms with van der Waals surface area (Å²) in [5, 5.41) is 9.78. The van der Waals surface area contributed by atoms with E-state index in [4.69, 9.17) is 0 Å². The van der Waals surface area contributed by atoms with Crippen LogP contribution in [-0.2, 0) is 17.8 Å². The number of hydrogen-bond donors (Lipinski definition) is 1. The number of nitrogens with zero attached hydrogens (tertiary/aromatic N) is 3. The van der Waals surface area contributed by atoms with Gasteiger partial charge in [-0.05, 0) is 18.1 Å². The van der Waals surface area contributed by atoms with Crippen LogP contribution in [-0.4, -0.2) is 20.7 Å². The molecule has 23 heavy (non-hydrogen) atoms. The van der Waals surface area contributed by atoms with Crippen LogP contribution in [0, 0.1) is 0 Å². The number of aromatic nitrogens is 3. The van der Waals surface area contributed by atoms with Gasteiger partial charge >= 0.3 is 0 Å². The lowest BCUT2D eigenvalue weighted by Crippen LogP contribution is -2.14. The van der Waals surface area contributed by atoms with Gasteiger partial charge in [0.25, 0.3) is 0 Å². The van der Waals surface area contributed by atoms with Crippen LogP contribution in [0.25, 0.3) is 6.08 Å². The van der Waals surface area contributed by atoms with Gasteiger partial charge in [-0.3, -0.25) is 4.79 Å². The van der Waals surface area contributed by atoms with Crippen molar-refractivity contribution in [2.24, 2.45) is 0 Å². The van der Waals surface area contributed by atoms with Crippen molar-refractivity contribution in [2.75, 3.05) is 5.32 Å². The molecular formula is C17H16N4OS. The van der Waals surface area contributed by atoms with Crippen molar-refractivity contribution >= 4 is 29.1 Å². The molecule has 0 fully saturated rings. The highest BCUT2D eigenvalue weighted by molar-refractivity contribution is 7.10. The molecule has 0 spiro atoms. The van der Waals surface area contributed by atoms with Crippen LogP contribution in [0.4, 0.5) is 5.82 Å². The van der Waals surface area contributed by atoms with Crippen molar-refractivity contribution in [3.63, 3.8) is 0 Å². The molecular weight excluding hydrogens is 308 g/mol. The van der Waals surface area contributed by atoms with Gasteiger partial charge in [-0.25, -0.2) is 9.67 Å². The molecule has 5 nitrogen and oxygen atoms in total. The van der Waals surface area contributed by atoms with E-state index in [1.165, 1.54) is 23.0 Å². The van der Waals surface area contributed by atoms with Gasteiger partial charge in [-0.2, -0.15) is 5.10 Å². The van der Waals surface area contributed by atoms with E-state index in [0.717, 1.165) is 11.4 Å². The quantitative estimate of drug-likeness (QED) is 0.708. The number of benzene rings is 1. The molecule has 3 aromatic rings. The lowest BCUT2D eigenvalue weighted by molar-refractivity contribution is -0.111. The average Bonchev–Trinajstić information content (AvgIpc) is 3.24. The largest absolute Gasteiger partial charge is 0.307 e. The Morgan fingerprint density at radius 1 is 1.22 bits per heavy atom. The molecule has 0 radical (unpaired) electrons. The summed E-state index contributed by atoms with van der Waals surface area (Å²) in [6.07, 6.45) is 7.43. The SMILES string of the molecule is O=C(/C=C/c1nccs1)Nc1ccnn1CCc1ccccc1. The summed E-state index contributed by atoms with van der Waals surface area (Å²) < 4.78 is 1.79. The summed E-state index contributed by atoms with van der Waals surface area (Å²) >= 11 is 1.49. The summed E-state index contributed by atoms with van der Waals surface area (Å²) in [6, 6.07) is 12.0. The zero-order valence-corrected chi connectivity index (χ0v) is 13.2. The van der Waals surface area contributed by atoms with Gasteiger partial charge < -0.3 is 5.32 Å². The predicted octanol–water partition coefficient (Wildman–Crippen LogP) is 3.23. The first-order valence-corrected chi connectivity index (χ1v) is 8.13. The summed E-state index contributed by atoms with van der Waals surface area (Å²) in [4.78, 5) is 16.1. The second-order valence-corrected chi connectivity index (χ2v) is 5.79. The summed E-state index contributed by atoms with van der Waals surface area (Å²) in [5.74, 6) is 0.497. The Balaban J connectivity index is 1.58. The van der Waals surface area contributed by atoms with Crippen molar-refractivity contribution in [3.05, 3.63) is 70.8 Å². The molecule has 116 valence electrons. The summed E-state index contributed by atoms with van der Waals surface area (Å²) in [7, 11) is 0. The molecule has 0 saturated carbocycles. The molecule has 2 heterocycles. The van der Waals surface area contributed by atoms with Gasteiger partial charge in [0.1, 0.15) is 10.8 Å². The second-order valence-electron chi connectivity index (χ2n) is 4.87. The fraction of sp³-hybridized carbons (Fsp3) is 0.118. The lowest BCUT2D eigenvalue weighted by atomic mass is 10.1. The smallest absolute Gasteiger partial charge is 0.249 e. The maximum atomic E-state index is 12.0. The van der Waals surface area contributed by atoms with E-state index in [9.17, 15) is 4.79 Å². The van der Waals surface area contributed by atoms with Crippen molar-refractivity contribution < 1.29 is 4.79 Å². The number of nitrogens with one attached hydrogen (secondary N) is 1. The van der Waals surface area contributed by atoms with E-state index >= 15 is 0 Å². The van der Waals surface area contributed by atoms with Crippen LogP contribution in [0.15, 0.2) is 60.2 Å². The number of carbonyl (C=O) groups excluding carboxylic acids is 1. The number of hydrogen-bond acceptors (Lipinski definition) is 4. The predicted molar refractivity (Wildman–Crippen MR) is 92.2 cm³/mol. The highest BCUT2D eigenvalue weighted by Crippen LogP contribution is 2.10. The number of amides is 1. The maximum Gasteiger partial charge on any atom is 0.249 e. The number of anilines is 1. The van der Waals surface area contributed by atoms with Gasteiger partial charge in [-0.1, -0.05) is 30.3 Å². The van der Waals surface area contributed by atoms with Crippen molar-refractivity contribution in [1.29, 1.82) is 0 Å². The zero-order chi connectivity index (χ0) is 15.9. The highest BCUT2D eigenvalue weighted by Gasteiger charge is 2.05. The Hall–Kier alpha value is -2.73. The average molecular weight is 324 g/mol. The molecule has 0 bridgehead atoms. The van der Waals surface area contributed by atoms with Crippen LogP contribution < -0.4 is 5.32 Å². The molecule has 1 N–H and O–H groups in total. The molecule has 1 aromatic carbocycles. The van der Waals surface area contributed by atoms with E-state index in [1.807, 2.05) is 23.6 Å². The third kappa shape index (κ3) is 4.37. The van der Waals surface area contributed by atoms with Gasteiger partial charge in [0.15, 0.2) is 0 Å². The van der Waals surface area contributed by atoms with E-state index in [2.05, 4.69) is 27.5 Å². The molecule has 0 aliphatic heterocycles. The van der Waals surface area contributed by atoms with Crippen LogP contribution in [0.5, 0.6) is 0 Å². The van der Waals surface area contributed by atoms with E-state index in [1.54, 1.807) is 29.2 Å². The first-order valence-electron chi connectivity index (χ1n) is 7.25. The molecule has 0 saturated heterocycles. The normalized spacial score (nSPS) is 11.0. The molecule has 0 unspecified atom stereocenters. The van der Waals surface area contributed by atoms with Crippen molar-refractivity contribution in [1.82, 2.24) is 14.8 Å². The fourth-order valence-corrected chi connectivity index (χ4v) is 2.66. The first kappa shape index (κ1) is 15.2. The number of aryl methyl sites for hydroxylation is 2. The number of rotatable bonds is 6. The Labute approximate surface area is 138 Å². The van der Waals surface area contributed by atoms with Crippen molar-refractivity contribution in [3.8, 4) is 0 Å². The Bertz CT molecular complexity index is 778. The Morgan fingerprint density at radius 3 is 2.87 bits per heavy atom. The van der Waals surface area contributed by atoms with Gasteiger partial charge in [0.05, 0.1) is 6.20 Å². The van der Waals surface area contributed by atoms with Gasteiger partial charge in [-0.15, -0.1) is 11.3 Å². The minimum Gasteiger partial charge on any atom is -0.307 e. The third-order valence-corrected chi connectivity index (χ3v) is 3.99. The highest BCUT2D eigenvalue weighted by atomic mass is 32.1. The van der Waals surface area contributed by atoms with Crippen LogP contribution >= 0.6 is 11.3 Å². The minimum absolute atomic E-state index is 0.193. The van der Waals surface area contributed by atoms with Gasteiger partial charge in [0.2, 0.25) is 5.91 Å². The maximum absolute atomic E-state index is 12.0. The first-order chi connectivity index (χ1) is 11.3. The monoisotopic (exact) mass is 324 g/mol. The molecule has 0 aliphatic carbocycles. The van der Waals surface area contributed by atoms with Gasteiger partial charge in [0, 0.05) is 30.3 Å². The lowest BCUT2D eigenvalue weighted by Gasteiger charge is -2.07. The Morgan fingerprint density at radius 2 is 2.09 bits per heavy atom. The minimum atomic E-state index is -0.193. The molecule has 0 atom stereocenters. The Kier molecular flexibility index (Phi) is 4.95. The van der Waals surface area contributed by atoms with E-state index in [0.29, 0.717) is 12.4 Å². The second kappa shape index (κ2) is 7.51. The topological polar surface area (TPSA) is 59.8 Å². The molecule has 1 amide bonds. The standard InChI is InChI=1S/C17H16N4OS/c22-16(6-7-17-18-11-13-23-17)20-15-8-10-19-21(15)12-9-14-4-2-1-3-5-14/h1-8,10-11,13H,9,12H2,(H,20,22)/b7-6+. The van der Waals surface area contributed by atoms with Crippen LogP contribution in [0.2, 0.25) is 0 Å². The molecule has 0 aliphatic rings. The van der Waals surface area contributed by atoms with Crippen LogP contribution in [0.3, 0.4) is 0 Å². The molecule has 6 heteroatoms. The summed E-state index contributed by atoms with van der Waals surface area (Å²) in [6.45, 7) is 0.711. The van der Waals surface area contributed by atoms with E-state index < -0.39 is 0 Å². The van der Waals surface area contributed by atoms with E-state index in [-0.39, 0.29) is 5.91 Å². The molecule has 2 aromatic heterocycles. The zero-order valence-electron chi connectivity index (χ0n) is 12.4. The third-order valence-electron chi connectivity index (χ3n) is 3.25. The fourth-order valence-electron chi connectivity index (χ4n) is 2.13. The summed E-state index contributed by atoms with van der Waals surface area (Å²) in [5.41, 5.74) is 1.24. The van der Waals surface area contributed by atoms with Crippen molar-refractivity contribution in [2.45, 2.75) is 13.0 Å².